The number of carbonyl (C=O) groups is 2. The standard InChI is InChI=1S/2C8H8O2.Fe/c2*1-6-2-4-7(5-3-6)8(9)10;/h2*2-5H,1H3,(H,9,10);/q;;+2/p-2. The molecule has 5 heteroatoms. The van der Waals surface area contributed by atoms with E-state index in [9.17, 15) is 19.8 Å². The molecular weight excluding hydrogens is 312 g/mol. The van der Waals surface area contributed by atoms with Crippen molar-refractivity contribution in [1.82, 2.24) is 0 Å². The molecule has 0 saturated heterocycles. The van der Waals surface area contributed by atoms with Crippen LogP contribution in [0.2, 0.25) is 0 Å². The number of aromatic carboxylic acids is 2. The summed E-state index contributed by atoms with van der Waals surface area (Å²) in [6, 6.07) is 13.1. The number of hydrogen-bond acceptors (Lipinski definition) is 4. The second-order valence-electron chi connectivity index (χ2n) is 4.31. The predicted octanol–water partition coefficient (Wildman–Crippen LogP) is 0.715. The molecule has 4 nitrogen and oxygen atoms in total. The molecule has 0 N–H and O–H groups in total. The Hall–Kier alpha value is -2.10. The molecule has 2 aromatic rings. The molecule has 0 aliphatic heterocycles. The quantitative estimate of drug-likeness (QED) is 0.762. The van der Waals surface area contributed by atoms with Gasteiger partial charge in [-0.1, -0.05) is 59.7 Å². The van der Waals surface area contributed by atoms with Crippen LogP contribution >= 0.6 is 0 Å². The number of rotatable bonds is 2. The van der Waals surface area contributed by atoms with Crippen molar-refractivity contribution in [3.63, 3.8) is 0 Å². The monoisotopic (exact) mass is 326 g/mol. The van der Waals surface area contributed by atoms with E-state index < -0.39 is 11.9 Å². The average Bonchev–Trinajstić information content (AvgIpc) is 2.40. The Kier molecular flexibility index (Phi) is 8.05. The maximum absolute atomic E-state index is 10.2. The van der Waals surface area contributed by atoms with Gasteiger partial charge in [-0.25, -0.2) is 0 Å². The summed E-state index contributed by atoms with van der Waals surface area (Å²) >= 11 is 0. The summed E-state index contributed by atoms with van der Waals surface area (Å²) in [6.07, 6.45) is 0. The van der Waals surface area contributed by atoms with Crippen LogP contribution in [0.25, 0.3) is 0 Å². The van der Waals surface area contributed by atoms with E-state index in [1.807, 2.05) is 13.8 Å². The molecule has 0 aliphatic carbocycles. The van der Waals surface area contributed by atoms with Crippen molar-refractivity contribution >= 4 is 11.9 Å². The first-order valence-electron chi connectivity index (χ1n) is 5.96. The van der Waals surface area contributed by atoms with Gasteiger partial charge in [0.15, 0.2) is 0 Å². The summed E-state index contributed by atoms with van der Waals surface area (Å²) in [5.74, 6) is -2.25. The van der Waals surface area contributed by atoms with E-state index in [4.69, 9.17) is 0 Å². The normalized spacial score (nSPS) is 8.86. The number of carboxylic acid groups (broad SMARTS) is 2. The third-order valence-electron chi connectivity index (χ3n) is 2.57. The summed E-state index contributed by atoms with van der Waals surface area (Å²) in [5, 5.41) is 20.4. The summed E-state index contributed by atoms with van der Waals surface area (Å²) in [6.45, 7) is 3.80. The molecule has 0 fully saturated rings. The second kappa shape index (κ2) is 8.95. The Balaban J connectivity index is 0.000000364. The molecule has 0 aromatic heterocycles. The van der Waals surface area contributed by atoms with Gasteiger partial charge >= 0.3 is 17.1 Å². The number of hydrogen-bond donors (Lipinski definition) is 0. The Morgan fingerprint density at radius 3 is 1.10 bits per heavy atom. The zero-order valence-electron chi connectivity index (χ0n) is 11.6. The van der Waals surface area contributed by atoms with Crippen LogP contribution in [0.1, 0.15) is 31.8 Å². The molecule has 0 atom stereocenters. The molecular formula is C16H14FeO4. The van der Waals surface area contributed by atoms with Gasteiger partial charge < -0.3 is 19.8 Å². The van der Waals surface area contributed by atoms with Crippen LogP contribution in [0.5, 0.6) is 0 Å². The summed E-state index contributed by atoms with van der Waals surface area (Å²) < 4.78 is 0. The average molecular weight is 326 g/mol. The minimum Gasteiger partial charge on any atom is -0.545 e. The van der Waals surface area contributed by atoms with E-state index in [-0.39, 0.29) is 28.2 Å². The van der Waals surface area contributed by atoms with Gasteiger partial charge in [0.2, 0.25) is 0 Å². The molecule has 0 spiro atoms. The van der Waals surface area contributed by atoms with Gasteiger partial charge in [-0.3, -0.25) is 0 Å². The smallest absolute Gasteiger partial charge is 0.545 e. The van der Waals surface area contributed by atoms with Gasteiger partial charge in [0.25, 0.3) is 0 Å². The van der Waals surface area contributed by atoms with Crippen LogP contribution in [0.3, 0.4) is 0 Å². The Bertz CT molecular complexity index is 533. The van der Waals surface area contributed by atoms with Gasteiger partial charge in [-0.05, 0) is 25.0 Å². The Morgan fingerprint density at radius 2 is 0.905 bits per heavy atom. The molecule has 110 valence electrons. The first-order valence-corrected chi connectivity index (χ1v) is 5.96. The van der Waals surface area contributed by atoms with Crippen molar-refractivity contribution in [1.29, 1.82) is 0 Å². The molecule has 0 heterocycles. The SMILES string of the molecule is Cc1ccc(C(=O)[O-])cc1.Cc1ccc(C(=O)[O-])cc1.[Fe+2]. The van der Waals surface area contributed by atoms with Gasteiger partial charge in [0.1, 0.15) is 0 Å². The van der Waals surface area contributed by atoms with Crippen molar-refractivity contribution in [2.75, 3.05) is 0 Å². The van der Waals surface area contributed by atoms with E-state index in [1.165, 1.54) is 24.3 Å². The zero-order valence-corrected chi connectivity index (χ0v) is 12.7. The molecule has 0 saturated carbocycles. The van der Waals surface area contributed by atoms with Gasteiger partial charge in [0.05, 0.1) is 11.9 Å². The van der Waals surface area contributed by atoms with Crippen molar-refractivity contribution in [3.8, 4) is 0 Å². The van der Waals surface area contributed by atoms with E-state index >= 15 is 0 Å². The third-order valence-corrected chi connectivity index (χ3v) is 2.57. The fraction of sp³-hybridized carbons (Fsp3) is 0.125. The topological polar surface area (TPSA) is 80.3 Å². The van der Waals surface area contributed by atoms with E-state index in [0.717, 1.165) is 11.1 Å². The molecule has 2 rings (SSSR count). The van der Waals surface area contributed by atoms with Crippen molar-refractivity contribution < 1.29 is 36.9 Å². The van der Waals surface area contributed by atoms with E-state index in [1.54, 1.807) is 24.3 Å². The molecule has 0 radical (unpaired) electrons. The predicted molar refractivity (Wildman–Crippen MR) is 71.0 cm³/mol. The summed E-state index contributed by atoms with van der Waals surface area (Å²) in [7, 11) is 0. The molecule has 0 bridgehead atoms. The number of aryl methyl sites for hydroxylation is 2. The van der Waals surface area contributed by atoms with Crippen molar-refractivity contribution in [2.24, 2.45) is 0 Å². The Labute approximate surface area is 133 Å². The van der Waals surface area contributed by atoms with E-state index in [2.05, 4.69) is 0 Å². The molecule has 0 aliphatic rings. The minimum atomic E-state index is -1.12. The second-order valence-corrected chi connectivity index (χ2v) is 4.31. The van der Waals surface area contributed by atoms with Crippen molar-refractivity contribution in [2.45, 2.75) is 13.8 Å². The van der Waals surface area contributed by atoms with Crippen LogP contribution < -0.4 is 10.2 Å². The number of carboxylic acids is 2. The molecule has 0 amide bonds. The van der Waals surface area contributed by atoms with Crippen LogP contribution in [0.4, 0.5) is 0 Å². The first kappa shape index (κ1) is 18.9. The number of carbonyl (C=O) groups excluding carboxylic acids is 2. The van der Waals surface area contributed by atoms with Gasteiger partial charge in [0, 0.05) is 0 Å². The minimum absolute atomic E-state index is 0. The van der Waals surface area contributed by atoms with Crippen LogP contribution in [-0.4, -0.2) is 11.9 Å². The Morgan fingerprint density at radius 1 is 0.667 bits per heavy atom. The fourth-order valence-electron chi connectivity index (χ4n) is 1.38. The fourth-order valence-corrected chi connectivity index (χ4v) is 1.38. The largest absolute Gasteiger partial charge is 2.00 e. The summed E-state index contributed by atoms with van der Waals surface area (Å²) in [5.41, 5.74) is 2.55. The van der Waals surface area contributed by atoms with Gasteiger partial charge in [-0.15, -0.1) is 0 Å². The van der Waals surface area contributed by atoms with Crippen molar-refractivity contribution in [3.05, 3.63) is 70.8 Å². The summed E-state index contributed by atoms with van der Waals surface area (Å²) in [4.78, 5) is 20.4. The number of benzene rings is 2. The molecule has 21 heavy (non-hydrogen) atoms. The molecule has 0 unspecified atom stereocenters. The zero-order chi connectivity index (χ0) is 15.1. The van der Waals surface area contributed by atoms with Crippen LogP contribution in [0.15, 0.2) is 48.5 Å². The molecule has 2 aromatic carbocycles. The van der Waals surface area contributed by atoms with E-state index in [0.29, 0.717) is 0 Å². The van der Waals surface area contributed by atoms with Crippen LogP contribution in [-0.2, 0) is 17.1 Å². The van der Waals surface area contributed by atoms with Gasteiger partial charge in [-0.2, -0.15) is 0 Å². The van der Waals surface area contributed by atoms with Crippen LogP contribution in [0, 0.1) is 13.8 Å². The first-order chi connectivity index (χ1) is 9.40. The third kappa shape index (κ3) is 6.75. The maximum Gasteiger partial charge on any atom is 2.00 e. The maximum atomic E-state index is 10.2.